The predicted octanol–water partition coefficient (Wildman–Crippen LogP) is 0.114. The molecule has 0 aliphatic carbocycles. The van der Waals surface area contributed by atoms with Gasteiger partial charge in [0.05, 0.1) is 19.1 Å². The van der Waals surface area contributed by atoms with E-state index in [0.717, 1.165) is 9.13 Å². The predicted molar refractivity (Wildman–Crippen MR) is 111 cm³/mol. The second-order valence-corrected chi connectivity index (χ2v) is 6.48. The van der Waals surface area contributed by atoms with E-state index in [-0.39, 0.29) is 22.3 Å². The monoisotopic (exact) mass is 427 g/mol. The lowest BCUT2D eigenvalue weighted by molar-refractivity contribution is 0.0844. The summed E-state index contributed by atoms with van der Waals surface area (Å²) in [6.45, 7) is 2.26. The number of nitrogens with one attached hydrogen (secondary N) is 2. The summed E-state index contributed by atoms with van der Waals surface area (Å²) in [4.78, 5) is 53.2. The average Bonchev–Trinajstić information content (AvgIpc) is 2.79. The Morgan fingerprint density at radius 1 is 1.00 bits per heavy atom. The van der Waals surface area contributed by atoms with Crippen molar-refractivity contribution in [3.05, 3.63) is 62.4 Å². The fraction of sp³-hybridized carbons (Fsp3) is 0.250. The number of amides is 2. The highest BCUT2D eigenvalue weighted by atomic mass is 16.5. The van der Waals surface area contributed by atoms with Crippen molar-refractivity contribution in [3.63, 3.8) is 0 Å². The molecule has 31 heavy (non-hydrogen) atoms. The third kappa shape index (κ3) is 4.10. The minimum absolute atomic E-state index is 0.0586. The van der Waals surface area contributed by atoms with Crippen molar-refractivity contribution in [2.75, 3.05) is 13.7 Å². The van der Waals surface area contributed by atoms with Crippen molar-refractivity contribution in [2.24, 2.45) is 14.1 Å². The summed E-state index contributed by atoms with van der Waals surface area (Å²) in [5, 5.41) is 0.187. The van der Waals surface area contributed by atoms with Crippen LogP contribution in [0.3, 0.4) is 0 Å². The normalized spacial score (nSPS) is 10.6. The molecule has 0 saturated heterocycles. The summed E-state index contributed by atoms with van der Waals surface area (Å²) < 4.78 is 12.7. The van der Waals surface area contributed by atoms with E-state index in [9.17, 15) is 19.2 Å². The van der Waals surface area contributed by atoms with E-state index in [1.165, 1.54) is 45.5 Å². The molecule has 1 aromatic carbocycles. The van der Waals surface area contributed by atoms with Crippen LogP contribution in [0.2, 0.25) is 0 Å². The third-order valence-electron chi connectivity index (χ3n) is 4.55. The van der Waals surface area contributed by atoms with Gasteiger partial charge in [-0.3, -0.25) is 34.4 Å². The maximum absolute atomic E-state index is 12.4. The van der Waals surface area contributed by atoms with Crippen molar-refractivity contribution in [1.82, 2.24) is 25.0 Å². The molecule has 0 saturated carbocycles. The number of pyridine rings is 1. The van der Waals surface area contributed by atoms with Gasteiger partial charge in [0.1, 0.15) is 11.3 Å². The van der Waals surface area contributed by atoms with Gasteiger partial charge < -0.3 is 9.47 Å². The van der Waals surface area contributed by atoms with E-state index in [2.05, 4.69) is 15.8 Å². The Morgan fingerprint density at radius 3 is 2.39 bits per heavy atom. The quantitative estimate of drug-likeness (QED) is 0.552. The first-order valence-corrected chi connectivity index (χ1v) is 9.26. The summed E-state index contributed by atoms with van der Waals surface area (Å²) in [5.74, 6) is -0.444. The van der Waals surface area contributed by atoms with Crippen molar-refractivity contribution >= 4 is 22.8 Å². The van der Waals surface area contributed by atoms with Crippen LogP contribution in [0.1, 0.15) is 27.8 Å². The van der Waals surface area contributed by atoms with Gasteiger partial charge in [-0.25, -0.2) is 9.78 Å². The number of hydrazine groups is 1. The number of aryl methyl sites for hydroxylation is 1. The molecule has 0 bridgehead atoms. The number of hydrogen-bond donors (Lipinski definition) is 2. The summed E-state index contributed by atoms with van der Waals surface area (Å²) >= 11 is 0. The first-order chi connectivity index (χ1) is 14.8. The fourth-order valence-electron chi connectivity index (χ4n) is 2.91. The zero-order valence-corrected chi connectivity index (χ0v) is 17.4. The van der Waals surface area contributed by atoms with Gasteiger partial charge in [-0.15, -0.1) is 0 Å². The Hall–Kier alpha value is -4.15. The highest BCUT2D eigenvalue weighted by molar-refractivity contribution is 5.99. The van der Waals surface area contributed by atoms with E-state index in [0.29, 0.717) is 18.1 Å². The molecule has 0 radical (unpaired) electrons. The van der Waals surface area contributed by atoms with Crippen LogP contribution in [0.5, 0.6) is 11.5 Å². The van der Waals surface area contributed by atoms with Crippen LogP contribution in [0.25, 0.3) is 11.0 Å². The number of ether oxygens (including phenoxy) is 2. The number of benzene rings is 1. The molecule has 2 heterocycles. The first-order valence-electron chi connectivity index (χ1n) is 9.26. The number of aromatic nitrogens is 3. The molecule has 11 nitrogen and oxygen atoms in total. The first kappa shape index (κ1) is 21.6. The minimum atomic E-state index is -0.721. The van der Waals surface area contributed by atoms with Crippen molar-refractivity contribution in [3.8, 4) is 11.5 Å². The maximum Gasteiger partial charge on any atom is 0.332 e. The van der Waals surface area contributed by atoms with Gasteiger partial charge in [0, 0.05) is 19.7 Å². The molecule has 0 atom stereocenters. The average molecular weight is 427 g/mol. The highest BCUT2D eigenvalue weighted by Crippen LogP contribution is 2.27. The molecule has 0 unspecified atom stereocenters. The summed E-state index contributed by atoms with van der Waals surface area (Å²) in [6, 6.07) is 7.32. The Bertz CT molecular complexity index is 1290. The van der Waals surface area contributed by atoms with Gasteiger partial charge in [-0.2, -0.15) is 0 Å². The zero-order valence-electron chi connectivity index (χ0n) is 17.4. The van der Waals surface area contributed by atoms with Crippen LogP contribution in [0.4, 0.5) is 0 Å². The number of methoxy groups -OCH3 is 1. The number of nitrogens with zero attached hydrogens (tertiary/aromatic N) is 3. The molecular formula is C20H21N5O6. The molecule has 0 aliphatic rings. The molecule has 3 rings (SSSR count). The van der Waals surface area contributed by atoms with Gasteiger partial charge in [0.25, 0.3) is 17.4 Å². The Balaban J connectivity index is 1.79. The molecular weight excluding hydrogens is 406 g/mol. The molecule has 3 aromatic rings. The molecule has 0 spiro atoms. The minimum Gasteiger partial charge on any atom is -0.493 e. The molecule has 2 N–H and O–H groups in total. The maximum atomic E-state index is 12.4. The molecule has 11 heteroatoms. The van der Waals surface area contributed by atoms with Crippen LogP contribution >= 0.6 is 0 Å². The third-order valence-corrected chi connectivity index (χ3v) is 4.55. The SMILES string of the molecule is CCOc1ccc(C(=O)NNC(=O)c2ccc3c(=O)n(C)c(=O)n(C)c3n2)cc1OC. The molecule has 0 fully saturated rings. The van der Waals surface area contributed by atoms with E-state index in [1.54, 1.807) is 6.07 Å². The second-order valence-electron chi connectivity index (χ2n) is 6.48. The summed E-state index contributed by atoms with van der Waals surface area (Å²) in [5.41, 5.74) is 3.66. The lowest BCUT2D eigenvalue weighted by atomic mass is 10.2. The van der Waals surface area contributed by atoms with Crippen LogP contribution in [0.15, 0.2) is 39.9 Å². The topological polar surface area (TPSA) is 134 Å². The lowest BCUT2D eigenvalue weighted by Crippen LogP contribution is -2.42. The Labute approximate surface area is 176 Å². The lowest BCUT2D eigenvalue weighted by Gasteiger charge is -2.12. The van der Waals surface area contributed by atoms with Crippen LogP contribution in [-0.2, 0) is 14.1 Å². The van der Waals surface area contributed by atoms with Crippen LogP contribution in [-0.4, -0.2) is 39.6 Å². The van der Waals surface area contributed by atoms with Crippen LogP contribution in [0, 0.1) is 0 Å². The van der Waals surface area contributed by atoms with Gasteiger partial charge in [-0.1, -0.05) is 0 Å². The van der Waals surface area contributed by atoms with Crippen LogP contribution < -0.4 is 31.6 Å². The summed E-state index contributed by atoms with van der Waals surface area (Å²) in [7, 11) is 4.25. The van der Waals surface area contributed by atoms with Crippen molar-refractivity contribution in [2.45, 2.75) is 6.92 Å². The number of fused-ring (bicyclic) bond motifs is 1. The van der Waals surface area contributed by atoms with E-state index < -0.39 is 23.1 Å². The molecule has 162 valence electrons. The summed E-state index contributed by atoms with van der Waals surface area (Å²) in [6.07, 6.45) is 0. The molecule has 2 amide bonds. The second kappa shape index (κ2) is 8.69. The smallest absolute Gasteiger partial charge is 0.332 e. The Morgan fingerprint density at radius 2 is 1.71 bits per heavy atom. The van der Waals surface area contributed by atoms with Gasteiger partial charge >= 0.3 is 5.69 Å². The molecule has 0 aliphatic heterocycles. The number of carbonyl (C=O) groups excluding carboxylic acids is 2. The van der Waals surface area contributed by atoms with Gasteiger partial charge in [0.2, 0.25) is 0 Å². The van der Waals surface area contributed by atoms with Gasteiger partial charge in [-0.05, 0) is 37.3 Å². The zero-order chi connectivity index (χ0) is 22.7. The largest absolute Gasteiger partial charge is 0.493 e. The molecule has 2 aromatic heterocycles. The fourth-order valence-corrected chi connectivity index (χ4v) is 2.91. The van der Waals surface area contributed by atoms with E-state index in [1.807, 2.05) is 6.92 Å². The number of rotatable bonds is 5. The van der Waals surface area contributed by atoms with Crippen molar-refractivity contribution in [1.29, 1.82) is 0 Å². The highest BCUT2D eigenvalue weighted by Gasteiger charge is 2.16. The van der Waals surface area contributed by atoms with E-state index in [4.69, 9.17) is 9.47 Å². The Kier molecular flexibility index (Phi) is 6.05. The standard InChI is InChI=1S/C20H21N5O6/c1-5-31-14-9-6-11(10-15(14)30-4)17(26)22-23-18(27)13-8-7-12-16(21-13)24(2)20(29)25(3)19(12)28/h6-10H,5H2,1-4H3,(H,22,26)(H,23,27). The van der Waals surface area contributed by atoms with E-state index >= 15 is 0 Å². The van der Waals surface area contributed by atoms with Gasteiger partial charge in [0.15, 0.2) is 11.5 Å². The van der Waals surface area contributed by atoms with Crippen molar-refractivity contribution < 1.29 is 19.1 Å². The number of carbonyl (C=O) groups is 2. The number of hydrogen-bond acceptors (Lipinski definition) is 7.